The van der Waals surface area contributed by atoms with Crippen LogP contribution in [0.2, 0.25) is 5.02 Å². The molecule has 1 aromatic rings. The van der Waals surface area contributed by atoms with Crippen LogP contribution in [0, 0.1) is 6.92 Å². The Hall–Kier alpha value is -0.820. The van der Waals surface area contributed by atoms with Gasteiger partial charge in [-0.25, -0.2) is 8.42 Å². The largest absolute Gasteiger partial charge is 0.397 e. The smallest absolute Gasteiger partial charge is 0.243 e. The van der Waals surface area contributed by atoms with E-state index in [-0.39, 0.29) is 16.7 Å². The molecule has 0 aliphatic carbocycles. The molecule has 1 fully saturated rings. The lowest BCUT2D eigenvalue weighted by molar-refractivity contribution is 0.0946. The summed E-state index contributed by atoms with van der Waals surface area (Å²) in [6.45, 7) is 5.01. The quantitative estimate of drug-likeness (QED) is 0.840. The second-order valence-electron chi connectivity index (χ2n) is 5.23. The van der Waals surface area contributed by atoms with E-state index in [0.29, 0.717) is 30.3 Å². The first-order valence-electron chi connectivity index (χ1n) is 7.03. The number of hydrogen-bond donors (Lipinski definition) is 1. The highest BCUT2D eigenvalue weighted by Crippen LogP contribution is 2.28. The Labute approximate surface area is 131 Å². The van der Waals surface area contributed by atoms with Gasteiger partial charge in [-0.15, -0.1) is 0 Å². The Morgan fingerprint density at radius 2 is 2.19 bits per heavy atom. The van der Waals surface area contributed by atoms with Crippen molar-refractivity contribution in [3.05, 3.63) is 22.7 Å². The maximum Gasteiger partial charge on any atom is 0.243 e. The summed E-state index contributed by atoms with van der Waals surface area (Å²) in [4.78, 5) is 0.212. The number of likely N-dealkylation sites (N-methyl/N-ethyl adjacent to an activating group) is 1. The number of aryl methyl sites for hydroxylation is 1. The summed E-state index contributed by atoms with van der Waals surface area (Å²) >= 11 is 5.93. The molecule has 1 saturated heterocycles. The highest BCUT2D eigenvalue weighted by molar-refractivity contribution is 7.89. The molecule has 7 heteroatoms. The molecule has 1 aliphatic rings. The molecule has 21 heavy (non-hydrogen) atoms. The number of rotatable bonds is 5. The Balaban J connectivity index is 2.32. The first-order chi connectivity index (χ1) is 9.86. The van der Waals surface area contributed by atoms with Crippen molar-refractivity contribution in [2.45, 2.75) is 37.7 Å². The van der Waals surface area contributed by atoms with E-state index in [1.165, 1.54) is 10.4 Å². The van der Waals surface area contributed by atoms with E-state index >= 15 is 0 Å². The number of anilines is 1. The normalized spacial score (nSPS) is 19.3. The number of hydrogen-bond acceptors (Lipinski definition) is 4. The summed E-state index contributed by atoms with van der Waals surface area (Å²) in [5.74, 6) is 0. The van der Waals surface area contributed by atoms with Gasteiger partial charge < -0.3 is 10.5 Å². The molecule has 5 nitrogen and oxygen atoms in total. The minimum atomic E-state index is -3.59. The fraction of sp³-hybridized carbons (Fsp3) is 0.571. The van der Waals surface area contributed by atoms with Crippen LogP contribution in [0.25, 0.3) is 0 Å². The Bertz CT molecular complexity index is 613. The monoisotopic (exact) mass is 332 g/mol. The van der Waals surface area contributed by atoms with E-state index in [9.17, 15) is 8.42 Å². The van der Waals surface area contributed by atoms with Crippen LogP contribution in [0.4, 0.5) is 5.69 Å². The first-order valence-corrected chi connectivity index (χ1v) is 8.85. The molecule has 2 rings (SSSR count). The van der Waals surface area contributed by atoms with Crippen molar-refractivity contribution < 1.29 is 13.2 Å². The number of nitrogens with two attached hydrogens (primary N) is 1. The molecular formula is C14H21ClN2O3S. The molecule has 0 bridgehead atoms. The molecule has 1 aromatic carbocycles. The van der Waals surface area contributed by atoms with E-state index < -0.39 is 10.0 Å². The molecule has 0 saturated carbocycles. The van der Waals surface area contributed by atoms with Gasteiger partial charge in [-0.1, -0.05) is 18.5 Å². The molecule has 1 unspecified atom stereocenters. The summed E-state index contributed by atoms with van der Waals surface area (Å²) < 4.78 is 32.6. The molecule has 0 radical (unpaired) electrons. The summed E-state index contributed by atoms with van der Waals surface area (Å²) in [6.07, 6.45) is 1.85. The van der Waals surface area contributed by atoms with E-state index in [1.54, 1.807) is 13.0 Å². The Morgan fingerprint density at radius 1 is 1.48 bits per heavy atom. The Morgan fingerprint density at radius 3 is 2.76 bits per heavy atom. The van der Waals surface area contributed by atoms with Crippen LogP contribution in [-0.2, 0) is 14.8 Å². The van der Waals surface area contributed by atoms with Crippen LogP contribution in [0.1, 0.15) is 25.3 Å². The van der Waals surface area contributed by atoms with E-state index in [4.69, 9.17) is 22.1 Å². The number of nitrogen functional groups attached to an aromatic ring is 1. The van der Waals surface area contributed by atoms with Crippen molar-refractivity contribution in [3.63, 3.8) is 0 Å². The average molecular weight is 333 g/mol. The van der Waals surface area contributed by atoms with Gasteiger partial charge >= 0.3 is 0 Å². The van der Waals surface area contributed by atoms with Gasteiger partial charge in [-0.2, -0.15) is 4.31 Å². The van der Waals surface area contributed by atoms with Crippen LogP contribution in [0.3, 0.4) is 0 Å². The highest BCUT2D eigenvalue weighted by atomic mass is 35.5. The zero-order chi connectivity index (χ0) is 15.6. The third-order valence-electron chi connectivity index (χ3n) is 3.70. The van der Waals surface area contributed by atoms with Crippen LogP contribution >= 0.6 is 11.6 Å². The maximum absolute atomic E-state index is 12.8. The number of nitrogens with zero attached hydrogens (tertiary/aromatic N) is 1. The molecule has 118 valence electrons. The van der Waals surface area contributed by atoms with Gasteiger partial charge in [0, 0.05) is 19.7 Å². The van der Waals surface area contributed by atoms with Gasteiger partial charge in [-0.3, -0.25) is 0 Å². The molecular weight excluding hydrogens is 312 g/mol. The van der Waals surface area contributed by atoms with Crippen molar-refractivity contribution in [2.24, 2.45) is 0 Å². The highest BCUT2D eigenvalue weighted by Gasteiger charge is 2.29. The lowest BCUT2D eigenvalue weighted by Crippen LogP contribution is -2.37. The summed E-state index contributed by atoms with van der Waals surface area (Å²) in [5.41, 5.74) is 6.62. The van der Waals surface area contributed by atoms with Crippen molar-refractivity contribution in [1.29, 1.82) is 0 Å². The lowest BCUT2D eigenvalue weighted by Gasteiger charge is -2.24. The molecule has 0 amide bonds. The minimum absolute atomic E-state index is 0.0234. The second-order valence-corrected chi connectivity index (χ2v) is 7.54. The zero-order valence-electron chi connectivity index (χ0n) is 12.3. The van der Waals surface area contributed by atoms with Crippen molar-refractivity contribution >= 4 is 27.3 Å². The van der Waals surface area contributed by atoms with Crippen LogP contribution in [0.5, 0.6) is 0 Å². The van der Waals surface area contributed by atoms with Crippen LogP contribution in [0.15, 0.2) is 17.0 Å². The van der Waals surface area contributed by atoms with Crippen molar-refractivity contribution in [3.8, 4) is 0 Å². The molecule has 1 heterocycles. The fourth-order valence-corrected chi connectivity index (χ4v) is 4.44. The van der Waals surface area contributed by atoms with Gasteiger partial charge in [0.15, 0.2) is 0 Å². The predicted octanol–water partition coefficient (Wildman–Crippen LogP) is 2.42. The average Bonchev–Trinajstić information content (AvgIpc) is 2.92. The summed E-state index contributed by atoms with van der Waals surface area (Å²) in [7, 11) is -3.59. The molecule has 2 N–H and O–H groups in total. The van der Waals surface area contributed by atoms with Gasteiger partial charge in [0.2, 0.25) is 10.0 Å². The third kappa shape index (κ3) is 3.51. The topological polar surface area (TPSA) is 72.6 Å². The van der Waals surface area contributed by atoms with Gasteiger partial charge in [0.25, 0.3) is 0 Å². The zero-order valence-corrected chi connectivity index (χ0v) is 13.9. The first kappa shape index (κ1) is 16.5. The number of sulfonamides is 1. The van der Waals surface area contributed by atoms with Crippen molar-refractivity contribution in [2.75, 3.05) is 25.4 Å². The number of halogens is 1. The van der Waals surface area contributed by atoms with Gasteiger partial charge in [-0.05, 0) is 37.5 Å². The molecule has 1 aliphatic heterocycles. The second kappa shape index (κ2) is 6.52. The van der Waals surface area contributed by atoms with E-state index in [1.807, 2.05) is 6.92 Å². The predicted molar refractivity (Wildman–Crippen MR) is 84.0 cm³/mol. The van der Waals surface area contributed by atoms with Crippen molar-refractivity contribution in [1.82, 2.24) is 4.31 Å². The maximum atomic E-state index is 12.8. The minimum Gasteiger partial charge on any atom is -0.397 e. The Kier molecular flexibility index (Phi) is 5.14. The SMILES string of the molecule is CCN(CC1CCCO1)S(=O)(=O)c1cc(N)c(Cl)cc1C. The number of ether oxygens (including phenoxy) is 1. The molecule has 0 spiro atoms. The standard InChI is InChI=1S/C14H21ClN2O3S/c1-3-17(9-11-5-4-6-20-11)21(18,19)14-8-13(16)12(15)7-10(14)2/h7-8,11H,3-6,9,16H2,1-2H3. The van der Waals surface area contributed by atoms with Crippen LogP contribution < -0.4 is 5.73 Å². The summed E-state index contributed by atoms with van der Waals surface area (Å²) in [6, 6.07) is 3.02. The molecule has 1 atom stereocenters. The van der Waals surface area contributed by atoms with E-state index in [2.05, 4.69) is 0 Å². The summed E-state index contributed by atoms with van der Waals surface area (Å²) in [5, 5.41) is 0.369. The van der Waals surface area contributed by atoms with E-state index in [0.717, 1.165) is 12.8 Å². The lowest BCUT2D eigenvalue weighted by atomic mass is 10.2. The fourth-order valence-electron chi connectivity index (χ4n) is 2.50. The van der Waals surface area contributed by atoms with Crippen LogP contribution in [-0.4, -0.2) is 38.5 Å². The third-order valence-corrected chi connectivity index (χ3v) is 6.11. The number of benzene rings is 1. The van der Waals surface area contributed by atoms with Gasteiger partial charge in [0.1, 0.15) is 0 Å². The molecule has 0 aromatic heterocycles. The van der Waals surface area contributed by atoms with Gasteiger partial charge in [0.05, 0.1) is 21.7 Å².